The van der Waals surface area contributed by atoms with Gasteiger partial charge in [-0.05, 0) is 45.4 Å². The minimum atomic E-state index is -0.475. The standard InChI is InChI=1S/C17H20ClN3O2/c1-17(2,3)23-16(22)21-12-7-13(21)10-20(9-12)15-5-4-11(8-19)6-14(15)18/h4-6,12-13H,7,9-10H2,1-3H3. The Labute approximate surface area is 141 Å². The Morgan fingerprint density at radius 3 is 2.52 bits per heavy atom. The summed E-state index contributed by atoms with van der Waals surface area (Å²) >= 11 is 6.29. The van der Waals surface area contributed by atoms with Crippen molar-refractivity contribution in [3.63, 3.8) is 0 Å². The molecular formula is C17H20ClN3O2. The quantitative estimate of drug-likeness (QED) is 0.790. The van der Waals surface area contributed by atoms with Gasteiger partial charge in [0.1, 0.15) is 5.60 Å². The molecule has 2 bridgehead atoms. The van der Waals surface area contributed by atoms with Gasteiger partial charge >= 0.3 is 6.09 Å². The number of carbonyl (C=O) groups excluding carboxylic acids is 1. The highest BCUT2D eigenvalue weighted by molar-refractivity contribution is 6.33. The molecule has 0 aromatic heterocycles. The van der Waals surface area contributed by atoms with Crippen LogP contribution in [0.25, 0.3) is 0 Å². The largest absolute Gasteiger partial charge is 0.444 e. The van der Waals surface area contributed by atoms with Crippen LogP contribution in [0.3, 0.4) is 0 Å². The van der Waals surface area contributed by atoms with Gasteiger partial charge in [-0.2, -0.15) is 5.26 Å². The van der Waals surface area contributed by atoms with E-state index in [4.69, 9.17) is 21.6 Å². The number of piperidine rings is 1. The van der Waals surface area contributed by atoms with Gasteiger partial charge in [0, 0.05) is 13.1 Å². The van der Waals surface area contributed by atoms with Crippen LogP contribution in [0.1, 0.15) is 32.8 Å². The molecule has 3 heterocycles. The molecule has 122 valence electrons. The Morgan fingerprint density at radius 1 is 1.35 bits per heavy atom. The molecule has 0 aliphatic carbocycles. The second-order valence-electron chi connectivity index (χ2n) is 7.11. The van der Waals surface area contributed by atoms with Gasteiger partial charge in [-0.25, -0.2) is 4.79 Å². The van der Waals surface area contributed by atoms with E-state index in [-0.39, 0.29) is 18.2 Å². The van der Waals surface area contributed by atoms with Crippen LogP contribution in [-0.2, 0) is 4.74 Å². The maximum absolute atomic E-state index is 12.3. The van der Waals surface area contributed by atoms with E-state index in [0.717, 1.165) is 25.2 Å². The molecule has 1 aromatic carbocycles. The van der Waals surface area contributed by atoms with Gasteiger partial charge in [0.25, 0.3) is 0 Å². The fourth-order valence-electron chi connectivity index (χ4n) is 3.25. The molecule has 2 unspecified atom stereocenters. The number of rotatable bonds is 1. The number of hydrogen-bond donors (Lipinski definition) is 0. The Kier molecular flexibility index (Phi) is 3.89. The third-order valence-electron chi connectivity index (χ3n) is 4.21. The summed E-state index contributed by atoms with van der Waals surface area (Å²) < 4.78 is 5.48. The third-order valence-corrected chi connectivity index (χ3v) is 4.52. The summed E-state index contributed by atoms with van der Waals surface area (Å²) in [5, 5.41) is 9.50. The molecule has 3 fully saturated rings. The zero-order valence-electron chi connectivity index (χ0n) is 13.5. The number of amides is 1. The van der Waals surface area contributed by atoms with Gasteiger partial charge in [0.05, 0.1) is 34.4 Å². The number of nitriles is 1. The first-order chi connectivity index (χ1) is 10.8. The molecule has 1 amide bonds. The normalized spacial score (nSPS) is 23.1. The second-order valence-corrected chi connectivity index (χ2v) is 7.52. The van der Waals surface area contributed by atoms with Crippen molar-refractivity contribution in [2.45, 2.75) is 44.9 Å². The zero-order chi connectivity index (χ0) is 16.8. The van der Waals surface area contributed by atoms with Gasteiger partial charge in [0.2, 0.25) is 0 Å². The highest BCUT2D eigenvalue weighted by atomic mass is 35.5. The molecule has 0 radical (unpaired) electrons. The fraction of sp³-hybridized carbons (Fsp3) is 0.529. The highest BCUT2D eigenvalue weighted by Gasteiger charge is 2.49. The number of hydrogen-bond acceptors (Lipinski definition) is 4. The van der Waals surface area contributed by atoms with E-state index in [2.05, 4.69) is 11.0 Å². The lowest BCUT2D eigenvalue weighted by Crippen LogP contribution is -2.70. The Hall–Kier alpha value is -1.93. The van der Waals surface area contributed by atoms with Crippen LogP contribution in [0.2, 0.25) is 5.02 Å². The van der Waals surface area contributed by atoms with E-state index in [9.17, 15) is 4.79 Å². The molecule has 0 saturated carbocycles. The van der Waals surface area contributed by atoms with Crippen LogP contribution in [0.5, 0.6) is 0 Å². The average molecular weight is 334 g/mol. The smallest absolute Gasteiger partial charge is 0.410 e. The lowest BCUT2D eigenvalue weighted by atomic mass is 9.87. The number of carbonyl (C=O) groups is 1. The molecule has 3 aliphatic rings. The second kappa shape index (κ2) is 5.61. The highest BCUT2D eigenvalue weighted by Crippen LogP contribution is 2.38. The van der Waals surface area contributed by atoms with Crippen LogP contribution < -0.4 is 4.90 Å². The van der Waals surface area contributed by atoms with Gasteiger partial charge in [-0.1, -0.05) is 11.6 Å². The topological polar surface area (TPSA) is 56.6 Å². The van der Waals surface area contributed by atoms with Gasteiger partial charge in [0.15, 0.2) is 0 Å². The number of piperazine rings is 1. The number of anilines is 1. The maximum atomic E-state index is 12.3. The van der Waals surface area contributed by atoms with E-state index in [0.29, 0.717) is 10.6 Å². The maximum Gasteiger partial charge on any atom is 0.410 e. The summed E-state index contributed by atoms with van der Waals surface area (Å²) in [4.78, 5) is 16.3. The van der Waals surface area contributed by atoms with Crippen molar-refractivity contribution in [3.8, 4) is 6.07 Å². The molecule has 0 spiro atoms. The first-order valence-electron chi connectivity index (χ1n) is 7.74. The van der Waals surface area contributed by atoms with Crippen molar-refractivity contribution in [3.05, 3.63) is 28.8 Å². The Bertz CT molecular complexity index is 665. The minimum absolute atomic E-state index is 0.162. The fourth-order valence-corrected chi connectivity index (χ4v) is 3.55. The molecular weight excluding hydrogens is 314 g/mol. The van der Waals surface area contributed by atoms with Crippen molar-refractivity contribution in [1.82, 2.24) is 4.90 Å². The Morgan fingerprint density at radius 2 is 2.00 bits per heavy atom. The number of nitrogens with zero attached hydrogens (tertiary/aromatic N) is 3. The number of halogens is 1. The van der Waals surface area contributed by atoms with Crippen LogP contribution >= 0.6 is 11.6 Å². The third kappa shape index (κ3) is 3.09. The van der Waals surface area contributed by atoms with Crippen LogP contribution in [0.15, 0.2) is 18.2 Å². The van der Waals surface area contributed by atoms with Crippen LogP contribution in [0, 0.1) is 11.3 Å². The summed E-state index contributed by atoms with van der Waals surface area (Å²) in [6.45, 7) is 7.11. The molecule has 4 rings (SSSR count). The van der Waals surface area contributed by atoms with E-state index >= 15 is 0 Å². The average Bonchev–Trinajstić information content (AvgIpc) is 2.44. The minimum Gasteiger partial charge on any atom is -0.444 e. The molecule has 1 aromatic rings. The van der Waals surface area contributed by atoms with E-state index < -0.39 is 5.60 Å². The monoisotopic (exact) mass is 333 g/mol. The molecule has 23 heavy (non-hydrogen) atoms. The van der Waals surface area contributed by atoms with Gasteiger partial charge < -0.3 is 9.64 Å². The molecule has 0 N–H and O–H groups in total. The summed E-state index contributed by atoms with van der Waals surface area (Å²) in [5.41, 5.74) is 0.998. The molecule has 3 saturated heterocycles. The molecule has 3 aliphatic heterocycles. The lowest BCUT2D eigenvalue weighted by Gasteiger charge is -2.56. The predicted octanol–water partition coefficient (Wildman–Crippen LogP) is 3.41. The van der Waals surface area contributed by atoms with Crippen molar-refractivity contribution in [2.24, 2.45) is 0 Å². The zero-order valence-corrected chi connectivity index (χ0v) is 14.3. The van der Waals surface area contributed by atoms with Gasteiger partial charge in [-0.3, -0.25) is 4.90 Å². The summed E-state index contributed by atoms with van der Waals surface area (Å²) in [6.07, 6.45) is 0.772. The first-order valence-corrected chi connectivity index (χ1v) is 8.12. The van der Waals surface area contributed by atoms with Crippen molar-refractivity contribution >= 4 is 23.4 Å². The van der Waals surface area contributed by atoms with Gasteiger partial charge in [-0.15, -0.1) is 0 Å². The van der Waals surface area contributed by atoms with E-state index in [1.165, 1.54) is 0 Å². The summed E-state index contributed by atoms with van der Waals surface area (Å²) in [7, 11) is 0. The number of fused-ring (bicyclic) bond motifs is 2. The Balaban J connectivity index is 1.69. The van der Waals surface area contributed by atoms with Crippen molar-refractivity contribution in [1.29, 1.82) is 5.26 Å². The van der Waals surface area contributed by atoms with E-state index in [1.54, 1.807) is 12.1 Å². The summed E-state index contributed by atoms with van der Waals surface area (Å²) in [6, 6.07) is 7.74. The molecule has 2 atom stereocenters. The lowest BCUT2D eigenvalue weighted by molar-refractivity contribution is -0.0379. The van der Waals surface area contributed by atoms with Crippen molar-refractivity contribution in [2.75, 3.05) is 18.0 Å². The molecule has 6 heteroatoms. The predicted molar refractivity (Wildman–Crippen MR) is 88.6 cm³/mol. The number of ether oxygens (including phenoxy) is 1. The number of benzene rings is 1. The van der Waals surface area contributed by atoms with Crippen LogP contribution in [-0.4, -0.2) is 41.8 Å². The first kappa shape index (κ1) is 15.9. The van der Waals surface area contributed by atoms with Crippen molar-refractivity contribution < 1.29 is 9.53 Å². The SMILES string of the molecule is CC(C)(C)OC(=O)N1C2CC1CN(c1ccc(C#N)cc1Cl)C2. The summed E-state index contributed by atoms with van der Waals surface area (Å²) in [5.74, 6) is 0. The van der Waals surface area contributed by atoms with Crippen LogP contribution in [0.4, 0.5) is 10.5 Å². The molecule has 5 nitrogen and oxygen atoms in total. The van der Waals surface area contributed by atoms with E-state index in [1.807, 2.05) is 31.7 Å².